The zero-order chi connectivity index (χ0) is 77.5. The number of aliphatic carboxylic acids is 4. The first-order valence-electron chi connectivity index (χ1n) is 26.1. The number of carbonyl (C=O) groups is 8. The third kappa shape index (κ3) is 62.3. The molecule has 15 N–H and O–H groups in total. The number of hydrogen-bond donors (Lipinski definition) is 12. The molecule has 0 spiro atoms. The van der Waals surface area contributed by atoms with E-state index in [0.29, 0.717) is 53.1 Å². The Labute approximate surface area is 632 Å². The van der Waals surface area contributed by atoms with Gasteiger partial charge in [-0.05, 0) is 132 Å². The molecule has 0 aliphatic carbocycles. The van der Waals surface area contributed by atoms with Gasteiger partial charge in [0.15, 0.2) is 35.8 Å². The molecular weight excluding hydrogens is 2250 g/mol. The van der Waals surface area contributed by atoms with Gasteiger partial charge in [-0.1, -0.05) is 72.8 Å². The van der Waals surface area contributed by atoms with Gasteiger partial charge in [0.25, 0.3) is 6.26 Å². The molecule has 2 amide bonds. The van der Waals surface area contributed by atoms with E-state index in [9.17, 15) is 47.9 Å². The van der Waals surface area contributed by atoms with E-state index in [0.717, 1.165) is 138 Å². The third-order valence-electron chi connectivity index (χ3n) is 9.03. The van der Waals surface area contributed by atoms with Crippen molar-refractivity contribution < 1.29 is 209 Å². The van der Waals surface area contributed by atoms with Gasteiger partial charge in [0.05, 0.1) is 11.4 Å². The molecule has 0 atom stereocenters. The van der Waals surface area contributed by atoms with Gasteiger partial charge >= 0.3 is 143 Å². The van der Waals surface area contributed by atoms with Crippen molar-refractivity contribution in [3.63, 3.8) is 0 Å². The molecule has 6 rings (SSSR count). The third-order valence-corrected chi connectivity index (χ3v) is 9.03. The molecule has 6 aromatic carbocycles. The van der Waals surface area contributed by atoms with Gasteiger partial charge < -0.3 is 88.7 Å². The second kappa shape index (κ2) is 73.8. The topological polar surface area (TPSA) is 602 Å². The maximum atomic E-state index is 11.5. The Hall–Kier alpha value is -9.57. The number of amides is 2. The Kier molecular flexibility index (Phi) is 69.7. The largest absolute Gasteiger partial charge is 0.724 e. The smallest absolute Gasteiger partial charge is 0.0159 e. The number of carboxylic acid groups (broad SMARTS) is 4. The van der Waals surface area contributed by atoms with Crippen LogP contribution in [0.4, 0.5) is 38.0 Å². The molecule has 0 aliphatic heterocycles. The quantitative estimate of drug-likeness (QED) is 0.00591. The number of halogens is 1. The Morgan fingerprint density at radius 1 is 0.546 bits per heavy atom. The minimum absolute atomic E-state index is 0. The van der Waals surface area contributed by atoms with E-state index < -0.39 is 48.0 Å². The van der Waals surface area contributed by atoms with Crippen molar-refractivity contribution in [3.05, 3.63) is 223 Å². The molecule has 0 saturated heterocycles. The maximum Gasteiger partial charge on any atom is -0.0159 e. The molecule has 0 fully saturated rings. The van der Waals surface area contributed by atoms with E-state index in [1.807, 2.05) is 95.4 Å². The number of esters is 2. The van der Waals surface area contributed by atoms with Crippen molar-refractivity contribution in [2.75, 3.05) is 16.4 Å². The van der Waals surface area contributed by atoms with Crippen LogP contribution in [0.2, 0.25) is 7.06 Å². The number of nitrogen functional groups attached to an aromatic ring is 1. The van der Waals surface area contributed by atoms with Crippen LogP contribution in [-0.4, -0.2) is 98.3 Å². The van der Waals surface area contributed by atoms with Crippen molar-refractivity contribution in [3.8, 4) is 12.0 Å². The molecule has 0 heterocycles. The summed E-state index contributed by atoms with van der Waals surface area (Å²) in [6.07, 6.45) is 5.99. The number of ether oxygens (including phenoxy) is 3. The molecule has 518 valence electrons. The van der Waals surface area contributed by atoms with Crippen LogP contribution in [0.15, 0.2) is 156 Å². The predicted octanol–water partition coefficient (Wildman–Crippen LogP) is 9.37. The van der Waals surface area contributed by atoms with E-state index in [1.165, 1.54) is 17.1 Å². The predicted molar refractivity (Wildman–Crippen MR) is 330 cm³/mol. The number of nitrogens with one attached hydrogen (secondary N) is 7. The van der Waals surface area contributed by atoms with Crippen LogP contribution in [0.5, 0.6) is 5.75 Å². The monoisotopic (exact) mass is 2310 g/mol. The Bertz CT molecular complexity index is 3620. The molecular formula is C58H56IN12O21W5-7. The van der Waals surface area contributed by atoms with E-state index >= 15 is 0 Å². The van der Waals surface area contributed by atoms with Crippen LogP contribution in [0.3, 0.4) is 0 Å². The van der Waals surface area contributed by atoms with Crippen molar-refractivity contribution in [1.82, 2.24) is 0 Å². The number of aliphatic imine (C=N–C) groups is 2. The molecule has 97 heavy (non-hydrogen) atoms. The van der Waals surface area contributed by atoms with Crippen LogP contribution in [0.25, 0.3) is 5.41 Å². The Morgan fingerprint density at radius 2 is 0.773 bits per heavy atom. The van der Waals surface area contributed by atoms with Crippen molar-refractivity contribution in [2.45, 2.75) is 19.3 Å². The molecule has 6 aromatic rings. The fourth-order valence-electron chi connectivity index (χ4n) is 5.80. The van der Waals surface area contributed by atoms with Crippen LogP contribution in [0, 0.1) is 70.1 Å². The number of nitrogens with two attached hydrogens (primary N) is 1. The summed E-state index contributed by atoms with van der Waals surface area (Å²) in [5, 5.41) is 51.8. The number of rotatable bonds is 17. The number of benzene rings is 6. The number of nitriles is 1. The SMILES string of the molecule is N#COc1ccc(Cc2ccc(N=C=O)cc2)cc1.Nc1ccc(Cc2ccc(NC(=O)OC(=O)[CH-]C(=O)O)cc2)cc1.O.O=C(O)[CH-]C(=O)O.O=C=Nc1ccc(Cc2ccc(NC(=O)OC(=O)[CH-]C(=O)O)cc2)cc1.O=C=O.[2H][CH-]I.[3H][N]=[W].[3H][N]=[W].[3H][N]=[W].[3H][N]=[W].[3H][N]=[W].[CH3-].[CH3-].[N-]=C=O. The molecule has 0 bridgehead atoms. The molecule has 0 unspecified atom stereocenters. The minimum Gasteiger partial charge on any atom is -0.724 e. The van der Waals surface area contributed by atoms with Crippen LogP contribution in [-0.2, 0) is 180 Å². The zero-order valence-electron chi connectivity index (χ0n) is 55.6. The molecule has 0 radical (unpaired) electrons. The minimum atomic E-state index is -1.50. The fourth-order valence-corrected chi connectivity index (χ4v) is 5.80. The summed E-state index contributed by atoms with van der Waals surface area (Å²) >= 11 is 6.64. The number of isocyanates is 3. The van der Waals surface area contributed by atoms with Gasteiger partial charge in [-0.3, -0.25) is 49.1 Å². The van der Waals surface area contributed by atoms with Gasteiger partial charge in [-0.25, -0.2) is 19.2 Å². The number of nitrogens with zero attached hydrogens (tertiary/aromatic N) is 4. The summed E-state index contributed by atoms with van der Waals surface area (Å²) in [5.74, 6) is -7.85. The molecule has 0 aliphatic rings. The van der Waals surface area contributed by atoms with Crippen LogP contribution < -0.4 is 21.1 Å². The summed E-state index contributed by atoms with van der Waals surface area (Å²) in [5.41, 5.74) is 14.6. The first-order chi connectivity index (χ1) is 47.6. The first-order valence-corrected chi connectivity index (χ1v) is 31.1. The summed E-state index contributed by atoms with van der Waals surface area (Å²) in [7, 11) is 0. The number of anilines is 3. The van der Waals surface area contributed by atoms with Crippen molar-refractivity contribution >= 4 is 123 Å². The number of hydrogen-bond acceptors (Lipinski definition) is 25. The Morgan fingerprint density at radius 3 is 0.990 bits per heavy atom. The summed E-state index contributed by atoms with van der Waals surface area (Å²) in [6, 6.07) is 43.0. The van der Waals surface area contributed by atoms with E-state index in [4.69, 9.17) is 64.4 Å². The summed E-state index contributed by atoms with van der Waals surface area (Å²) in [6.45, 7) is 0. The van der Waals surface area contributed by atoms with Crippen LogP contribution >= 0.6 is 22.6 Å². The zero-order valence-corrected chi connectivity index (χ0v) is 66.5. The first kappa shape index (κ1) is 91.6. The van der Waals surface area contributed by atoms with Gasteiger partial charge in [-0.2, -0.15) is 40.2 Å². The summed E-state index contributed by atoms with van der Waals surface area (Å²) in [4.78, 5) is 137. The van der Waals surface area contributed by atoms with E-state index in [1.54, 1.807) is 79.1 Å². The van der Waals surface area contributed by atoms with Gasteiger partial charge in [-0.15, -0.1) is 5.26 Å². The second-order valence-electron chi connectivity index (χ2n) is 14.9. The standard InChI is InChI=1S/C18H13N2O6.C17H15N2O5.C15H10N2O2.C3H3O4.CH2I.CNO.CO2.2CH3.5HN.H2O.5W/c21-11-19-14-5-1-12(2-6-14)9-13-3-7-15(8-4-13)20-18(25)26-17(24)10-16(22)23;18-13-5-1-11(2-6-13)9-12-3-7-14(8-4-12)19-17(23)24-16(22)10-15(20)21;16-10-19-15-7-3-13(4-8-15)9-12-1-5-14(6-2-12)17-11-18;4-2(5)1-3(6)7;1-2;2*2-1-3;;;;;;;;;;;;;/h1-8,10H,9H2,(H,20,25)(H,22,23);1-8,10H,9,18H2,(H,19,23)(H,20,21);1-8H,9H2;1H,(H,4,5)(H,6,7);1H2;;;2*1H3;5*1H;1H2;;;;;/q2*-1;;3*-1;;2*-1;;;;;;;;;;;/i;;;;1D;;;;;5*1T;;;;;;. The summed E-state index contributed by atoms with van der Waals surface area (Å²) < 4.78 is 62.8. The van der Waals surface area contributed by atoms with Crippen molar-refractivity contribution in [2.24, 2.45) is 9.98 Å². The number of carboxylic acids is 4. The second-order valence-corrected chi connectivity index (χ2v) is 14.9. The van der Waals surface area contributed by atoms with Crippen LogP contribution in [0.1, 0.15) is 34.8 Å². The normalized spacial score (nSPS) is 8.41. The maximum absolute atomic E-state index is 11.5. The molecule has 0 saturated carbocycles. The average molecular weight is 2310 g/mol. The van der Waals surface area contributed by atoms with Gasteiger partial charge in [0.1, 0.15) is 5.75 Å². The molecule has 33 nitrogen and oxygen atoms in total. The van der Waals surface area contributed by atoms with Gasteiger partial charge in [0, 0.05) is 17.1 Å². The van der Waals surface area contributed by atoms with Crippen molar-refractivity contribution in [1.29, 1.82) is 24.8 Å². The van der Waals surface area contributed by atoms with E-state index in [2.05, 4.69) is 49.6 Å². The fraction of sp³-hybridized carbons (Fsp3) is 0.0517. The number of carbonyl (C=O) groups excluding carboxylic acids is 9. The molecule has 0 aromatic heterocycles. The Balaban J connectivity index is -0.000000151. The average Bonchev–Trinajstić information content (AvgIpc) is 0.889. The van der Waals surface area contributed by atoms with Gasteiger partial charge in [0.2, 0.25) is 12.2 Å². The van der Waals surface area contributed by atoms with E-state index in [-0.39, 0.29) is 45.7 Å². The molecule has 39 heteroatoms.